The lowest BCUT2D eigenvalue weighted by molar-refractivity contribution is 0.0925. The predicted molar refractivity (Wildman–Crippen MR) is 109 cm³/mol. The first-order chi connectivity index (χ1) is 13.9. The second-order valence-electron chi connectivity index (χ2n) is 6.31. The highest BCUT2D eigenvalue weighted by Crippen LogP contribution is 2.23. The van der Waals surface area contributed by atoms with Gasteiger partial charge in [0.15, 0.2) is 11.3 Å². The van der Waals surface area contributed by atoms with Crippen molar-refractivity contribution in [3.8, 4) is 0 Å². The Morgan fingerprint density at radius 3 is 2.55 bits per heavy atom. The number of amides is 1. The van der Waals surface area contributed by atoms with Crippen molar-refractivity contribution in [3.63, 3.8) is 0 Å². The number of nitrogens with one attached hydrogen (secondary N) is 1. The third kappa shape index (κ3) is 4.01. The van der Waals surface area contributed by atoms with Gasteiger partial charge in [0.25, 0.3) is 5.91 Å². The van der Waals surface area contributed by atoms with Gasteiger partial charge in [-0.15, -0.1) is 0 Å². The minimum absolute atomic E-state index is 0.130. The molecule has 6 nitrogen and oxygen atoms in total. The Labute approximate surface area is 172 Å². The van der Waals surface area contributed by atoms with E-state index in [0.29, 0.717) is 10.6 Å². The summed E-state index contributed by atoms with van der Waals surface area (Å²) in [5, 5.41) is 3.90. The molecule has 0 aliphatic heterocycles. The first-order valence-electron chi connectivity index (χ1n) is 8.65. The molecule has 1 N–H and O–H groups in total. The minimum Gasteiger partial charge on any atom is -0.449 e. The van der Waals surface area contributed by atoms with Gasteiger partial charge in [0.2, 0.25) is 9.84 Å². The summed E-state index contributed by atoms with van der Waals surface area (Å²) in [6, 6.07) is 15.8. The van der Waals surface area contributed by atoms with Crippen LogP contribution in [0.25, 0.3) is 11.0 Å². The van der Waals surface area contributed by atoms with Crippen molar-refractivity contribution >= 4 is 38.3 Å². The van der Waals surface area contributed by atoms with Gasteiger partial charge in [0, 0.05) is 23.2 Å². The number of carbonyl (C=O) groups excluding carboxylic acids is 1. The SMILES string of the molecule is O=C(NCc1ccc(S(=O)(=O)c2cccc(Cl)c2)cc1)c1cc2ccncc2o1. The highest BCUT2D eigenvalue weighted by molar-refractivity contribution is 7.91. The summed E-state index contributed by atoms with van der Waals surface area (Å²) in [5.41, 5.74) is 1.29. The Morgan fingerprint density at radius 1 is 1.03 bits per heavy atom. The average Bonchev–Trinajstić information content (AvgIpc) is 3.17. The van der Waals surface area contributed by atoms with E-state index in [9.17, 15) is 13.2 Å². The van der Waals surface area contributed by atoms with Gasteiger partial charge in [-0.3, -0.25) is 9.78 Å². The van der Waals surface area contributed by atoms with Gasteiger partial charge >= 0.3 is 0 Å². The van der Waals surface area contributed by atoms with Crippen molar-refractivity contribution in [1.29, 1.82) is 0 Å². The van der Waals surface area contributed by atoms with Crippen LogP contribution in [0.2, 0.25) is 5.02 Å². The number of carbonyl (C=O) groups is 1. The molecular formula is C21H15ClN2O4S. The lowest BCUT2D eigenvalue weighted by Crippen LogP contribution is -2.22. The number of nitrogens with zero attached hydrogens (tertiary/aromatic N) is 1. The van der Waals surface area contributed by atoms with Crippen molar-refractivity contribution in [1.82, 2.24) is 10.3 Å². The van der Waals surface area contributed by atoms with Gasteiger partial charge in [0.05, 0.1) is 16.0 Å². The molecule has 1 amide bonds. The van der Waals surface area contributed by atoms with E-state index >= 15 is 0 Å². The molecule has 0 saturated heterocycles. The molecule has 0 radical (unpaired) electrons. The fourth-order valence-corrected chi connectivity index (χ4v) is 4.38. The molecule has 8 heteroatoms. The van der Waals surface area contributed by atoms with E-state index in [-0.39, 0.29) is 28.0 Å². The smallest absolute Gasteiger partial charge is 0.287 e. The van der Waals surface area contributed by atoms with Gasteiger partial charge in [-0.1, -0.05) is 29.8 Å². The number of rotatable bonds is 5. The van der Waals surface area contributed by atoms with E-state index in [1.165, 1.54) is 24.3 Å². The highest BCUT2D eigenvalue weighted by Gasteiger charge is 2.18. The molecule has 0 spiro atoms. The summed E-state index contributed by atoms with van der Waals surface area (Å²) in [6.07, 6.45) is 3.17. The van der Waals surface area contributed by atoms with E-state index < -0.39 is 9.84 Å². The van der Waals surface area contributed by atoms with Crippen molar-refractivity contribution in [2.75, 3.05) is 0 Å². The van der Waals surface area contributed by atoms with Gasteiger partial charge in [-0.05, 0) is 48.0 Å². The molecule has 4 aromatic rings. The first kappa shape index (κ1) is 19.2. The molecular weight excluding hydrogens is 412 g/mol. The Balaban J connectivity index is 1.46. The molecule has 29 heavy (non-hydrogen) atoms. The molecule has 2 aromatic carbocycles. The van der Waals surface area contributed by atoms with Crippen LogP contribution >= 0.6 is 11.6 Å². The van der Waals surface area contributed by atoms with Crippen molar-refractivity contribution in [3.05, 3.63) is 89.4 Å². The Kier molecular flexibility index (Phi) is 5.08. The van der Waals surface area contributed by atoms with Crippen LogP contribution in [0.1, 0.15) is 16.1 Å². The molecule has 0 bridgehead atoms. The second-order valence-corrected chi connectivity index (χ2v) is 8.70. The normalized spacial score (nSPS) is 11.5. The molecule has 0 fully saturated rings. The van der Waals surface area contributed by atoms with Crippen molar-refractivity contribution in [2.45, 2.75) is 16.3 Å². The van der Waals surface area contributed by atoms with E-state index in [0.717, 1.165) is 10.9 Å². The van der Waals surface area contributed by atoms with Gasteiger partial charge < -0.3 is 9.73 Å². The molecule has 0 saturated carbocycles. The van der Waals surface area contributed by atoms with Crippen LogP contribution in [0.4, 0.5) is 0 Å². The maximum Gasteiger partial charge on any atom is 0.287 e. The molecule has 4 rings (SSSR count). The summed E-state index contributed by atoms with van der Waals surface area (Å²) in [5.74, 6) is -0.176. The van der Waals surface area contributed by atoms with Crippen molar-refractivity contribution in [2.24, 2.45) is 0 Å². The molecule has 0 atom stereocenters. The van der Waals surface area contributed by atoms with Crippen LogP contribution in [0.3, 0.4) is 0 Å². The maximum atomic E-state index is 12.7. The molecule has 0 aliphatic rings. The van der Waals surface area contributed by atoms with E-state index in [2.05, 4.69) is 10.3 Å². The third-order valence-corrected chi connectivity index (χ3v) is 6.34. The Hall–Kier alpha value is -3.16. The number of furan rings is 1. The van der Waals surface area contributed by atoms with E-state index in [1.807, 2.05) is 0 Å². The maximum absolute atomic E-state index is 12.7. The van der Waals surface area contributed by atoms with Crippen LogP contribution in [0, 0.1) is 0 Å². The average molecular weight is 427 g/mol. The minimum atomic E-state index is -3.66. The fourth-order valence-electron chi connectivity index (χ4n) is 2.82. The summed E-state index contributed by atoms with van der Waals surface area (Å²) >= 11 is 5.90. The number of aromatic nitrogens is 1. The summed E-state index contributed by atoms with van der Waals surface area (Å²) in [6.45, 7) is 0.228. The number of sulfone groups is 1. The number of hydrogen-bond donors (Lipinski definition) is 1. The topological polar surface area (TPSA) is 89.3 Å². The number of hydrogen-bond acceptors (Lipinski definition) is 5. The zero-order chi connectivity index (χ0) is 20.4. The van der Waals surface area contributed by atoms with Crippen LogP contribution in [-0.2, 0) is 16.4 Å². The molecule has 146 valence electrons. The first-order valence-corrected chi connectivity index (χ1v) is 10.5. The molecule has 2 heterocycles. The third-order valence-electron chi connectivity index (χ3n) is 4.34. The second kappa shape index (κ2) is 7.69. The van der Waals surface area contributed by atoms with E-state index in [1.54, 1.807) is 48.8 Å². The lowest BCUT2D eigenvalue weighted by atomic mass is 10.2. The quantitative estimate of drug-likeness (QED) is 0.515. The largest absolute Gasteiger partial charge is 0.449 e. The summed E-state index contributed by atoms with van der Waals surface area (Å²) in [7, 11) is -3.66. The number of pyridine rings is 1. The Morgan fingerprint density at radius 2 is 1.83 bits per heavy atom. The summed E-state index contributed by atoms with van der Waals surface area (Å²) < 4.78 is 30.9. The molecule has 0 unspecified atom stereocenters. The Bertz CT molecular complexity index is 1260. The van der Waals surface area contributed by atoms with Crippen LogP contribution < -0.4 is 5.32 Å². The number of halogens is 1. The zero-order valence-corrected chi connectivity index (χ0v) is 16.6. The molecule has 0 aliphatic carbocycles. The predicted octanol–water partition coefficient (Wildman–Crippen LogP) is 4.24. The van der Waals surface area contributed by atoms with Gasteiger partial charge in [-0.2, -0.15) is 0 Å². The summed E-state index contributed by atoms with van der Waals surface area (Å²) in [4.78, 5) is 16.5. The highest BCUT2D eigenvalue weighted by atomic mass is 35.5. The van der Waals surface area contributed by atoms with Crippen LogP contribution in [0.5, 0.6) is 0 Å². The number of benzene rings is 2. The molecule has 2 aromatic heterocycles. The van der Waals surface area contributed by atoms with Crippen molar-refractivity contribution < 1.29 is 17.6 Å². The fraction of sp³-hybridized carbons (Fsp3) is 0.0476. The zero-order valence-electron chi connectivity index (χ0n) is 15.0. The van der Waals surface area contributed by atoms with Crippen LogP contribution in [0.15, 0.2) is 87.3 Å². The van der Waals surface area contributed by atoms with Gasteiger partial charge in [0.1, 0.15) is 0 Å². The standard InChI is InChI=1S/C21H15ClN2O4S/c22-16-2-1-3-18(11-16)29(26,27)17-6-4-14(5-7-17)12-24-21(25)19-10-15-8-9-23-13-20(15)28-19/h1-11,13H,12H2,(H,24,25). The van der Waals surface area contributed by atoms with E-state index in [4.69, 9.17) is 16.0 Å². The van der Waals surface area contributed by atoms with Crippen LogP contribution in [-0.4, -0.2) is 19.3 Å². The monoisotopic (exact) mass is 426 g/mol. The van der Waals surface area contributed by atoms with Gasteiger partial charge in [-0.25, -0.2) is 8.42 Å². The lowest BCUT2D eigenvalue weighted by Gasteiger charge is -2.07. The number of fused-ring (bicyclic) bond motifs is 1.